The zero-order valence-electron chi connectivity index (χ0n) is 30.3. The number of unbranched alkanes of at least 4 members (excludes halogenated alkanes) is 26. The second-order valence-corrected chi connectivity index (χ2v) is 13.2. The Morgan fingerprint density at radius 3 is 0.652 bits per heavy atom. The predicted octanol–water partition coefficient (Wildman–Crippen LogP) is 8.41. The van der Waals surface area contributed by atoms with Crippen LogP contribution >= 0.6 is 0 Å². The molecule has 0 aromatic heterocycles. The molecule has 0 atom stereocenters. The molecule has 0 unspecified atom stereocenters. The van der Waals surface area contributed by atoms with Crippen LogP contribution < -0.4 is 21.3 Å². The van der Waals surface area contributed by atoms with Gasteiger partial charge in [0.05, 0.1) is 0 Å². The second kappa shape index (κ2) is 35.7. The van der Waals surface area contributed by atoms with Gasteiger partial charge in [0.1, 0.15) is 0 Å². The van der Waals surface area contributed by atoms with Crippen LogP contribution in [0.15, 0.2) is 0 Å². The van der Waals surface area contributed by atoms with Gasteiger partial charge in [0.15, 0.2) is 0 Å². The van der Waals surface area contributed by atoms with E-state index in [0.29, 0.717) is 13.1 Å². The fraction of sp³-hybridized carbons (Fsp3) is 0.895. The van der Waals surface area contributed by atoms with Crippen molar-refractivity contribution in [2.45, 2.75) is 194 Å². The predicted molar refractivity (Wildman–Crippen MR) is 193 cm³/mol. The maximum atomic E-state index is 12.0. The molecule has 0 saturated carbocycles. The molecule has 0 aliphatic heterocycles. The summed E-state index contributed by atoms with van der Waals surface area (Å²) in [4.78, 5) is 47.8. The van der Waals surface area contributed by atoms with Gasteiger partial charge in [0.25, 0.3) is 0 Å². The molecule has 4 N–H and O–H groups in total. The lowest BCUT2D eigenvalue weighted by molar-refractivity contribution is -0.139. The van der Waals surface area contributed by atoms with Gasteiger partial charge in [-0.05, 0) is 12.8 Å². The third-order valence-corrected chi connectivity index (χ3v) is 8.74. The van der Waals surface area contributed by atoms with Gasteiger partial charge in [0, 0.05) is 26.2 Å². The Hall–Kier alpha value is -2.12. The first-order valence-electron chi connectivity index (χ1n) is 19.6. The fourth-order valence-corrected chi connectivity index (χ4v) is 5.72. The third-order valence-electron chi connectivity index (χ3n) is 8.74. The van der Waals surface area contributed by atoms with Crippen molar-refractivity contribution in [3.63, 3.8) is 0 Å². The molecule has 0 spiro atoms. The van der Waals surface area contributed by atoms with Crippen molar-refractivity contribution in [3.8, 4) is 0 Å². The van der Waals surface area contributed by atoms with Gasteiger partial charge in [-0.25, -0.2) is 0 Å². The molecule has 8 nitrogen and oxygen atoms in total. The molecule has 0 radical (unpaired) electrons. The van der Waals surface area contributed by atoms with E-state index in [4.69, 9.17) is 0 Å². The minimum atomic E-state index is -0.720. The number of nitrogens with one attached hydrogen (secondary N) is 4. The van der Waals surface area contributed by atoms with Crippen LogP contribution in [0.3, 0.4) is 0 Å². The molecule has 8 heteroatoms. The standard InChI is InChI=1S/C38H74N4O4/c1-3-5-7-9-11-13-15-17-19-21-23-25-27-29-31-39-35(43)37(45)41-33-34-42-38(46)36(44)40-32-30-28-26-24-22-20-18-16-14-12-10-8-6-4-2/h3-34H2,1-2H3,(H,39,43)(H,40,44)(H,41,45)(H,42,46). The zero-order valence-corrected chi connectivity index (χ0v) is 30.3. The van der Waals surface area contributed by atoms with Gasteiger partial charge in [-0.15, -0.1) is 0 Å². The van der Waals surface area contributed by atoms with Crippen LogP contribution in [-0.4, -0.2) is 49.8 Å². The minimum Gasteiger partial charge on any atom is -0.348 e. The van der Waals surface area contributed by atoms with Crippen molar-refractivity contribution >= 4 is 23.6 Å². The van der Waals surface area contributed by atoms with Gasteiger partial charge in [-0.1, -0.05) is 181 Å². The highest BCUT2D eigenvalue weighted by atomic mass is 16.2. The normalized spacial score (nSPS) is 10.9. The molecule has 0 heterocycles. The Morgan fingerprint density at radius 2 is 0.435 bits per heavy atom. The molecule has 0 bridgehead atoms. The molecule has 0 aliphatic carbocycles. The molecule has 0 aromatic carbocycles. The smallest absolute Gasteiger partial charge is 0.309 e. The van der Waals surface area contributed by atoms with Crippen molar-refractivity contribution in [1.29, 1.82) is 0 Å². The van der Waals surface area contributed by atoms with Gasteiger partial charge < -0.3 is 21.3 Å². The van der Waals surface area contributed by atoms with Crippen LogP contribution in [0.4, 0.5) is 0 Å². The van der Waals surface area contributed by atoms with E-state index in [2.05, 4.69) is 35.1 Å². The lowest BCUT2D eigenvalue weighted by Gasteiger charge is -2.08. The largest absolute Gasteiger partial charge is 0.348 e. The molecule has 0 saturated heterocycles. The second-order valence-electron chi connectivity index (χ2n) is 13.2. The molecular formula is C38H74N4O4. The van der Waals surface area contributed by atoms with E-state index in [0.717, 1.165) is 38.5 Å². The van der Waals surface area contributed by atoms with Crippen molar-refractivity contribution < 1.29 is 19.2 Å². The Balaban J connectivity index is 3.49. The molecule has 0 rings (SSSR count). The maximum Gasteiger partial charge on any atom is 0.309 e. The van der Waals surface area contributed by atoms with Crippen molar-refractivity contribution in [3.05, 3.63) is 0 Å². The number of rotatable bonds is 33. The Bertz CT molecular complexity index is 671. The first-order chi connectivity index (χ1) is 22.5. The van der Waals surface area contributed by atoms with Crippen molar-refractivity contribution in [1.82, 2.24) is 21.3 Å². The Kier molecular flexibility index (Phi) is 34.1. The number of hydrogen-bond donors (Lipinski definition) is 4. The first kappa shape index (κ1) is 43.9. The van der Waals surface area contributed by atoms with E-state index >= 15 is 0 Å². The summed E-state index contributed by atoms with van der Waals surface area (Å²) in [5.74, 6) is -2.76. The maximum absolute atomic E-state index is 12.0. The summed E-state index contributed by atoms with van der Waals surface area (Å²) in [6.45, 7) is 5.66. The molecule has 0 aliphatic rings. The van der Waals surface area contributed by atoms with Crippen LogP contribution in [0, 0.1) is 0 Å². The summed E-state index contributed by atoms with van der Waals surface area (Å²) in [7, 11) is 0. The summed E-state index contributed by atoms with van der Waals surface area (Å²) in [5, 5.41) is 10.3. The SMILES string of the molecule is CCCCCCCCCCCCCCCCNC(=O)C(=O)NCCNC(=O)C(=O)NCCCCCCCCCCCCCCCC. The van der Waals surface area contributed by atoms with Crippen LogP contribution in [0.25, 0.3) is 0 Å². The van der Waals surface area contributed by atoms with Crippen LogP contribution in [0.5, 0.6) is 0 Å². The highest BCUT2D eigenvalue weighted by Gasteiger charge is 2.14. The van der Waals surface area contributed by atoms with Gasteiger partial charge in [-0.3, -0.25) is 19.2 Å². The van der Waals surface area contributed by atoms with E-state index in [1.807, 2.05) is 0 Å². The average molecular weight is 651 g/mol. The van der Waals surface area contributed by atoms with Gasteiger partial charge >= 0.3 is 23.6 Å². The molecular weight excluding hydrogens is 576 g/mol. The van der Waals surface area contributed by atoms with Gasteiger partial charge in [0.2, 0.25) is 0 Å². The quantitative estimate of drug-likeness (QED) is 0.0421. The monoisotopic (exact) mass is 651 g/mol. The molecule has 46 heavy (non-hydrogen) atoms. The summed E-state index contributed by atoms with van der Waals surface area (Å²) in [6, 6.07) is 0. The number of carbonyl (C=O) groups is 4. The van der Waals surface area contributed by atoms with Crippen LogP contribution in [-0.2, 0) is 19.2 Å². The summed E-state index contributed by atoms with van der Waals surface area (Å²) < 4.78 is 0. The Labute approximate surface area is 283 Å². The van der Waals surface area contributed by atoms with Crippen LogP contribution in [0.1, 0.15) is 194 Å². The minimum absolute atomic E-state index is 0.0864. The van der Waals surface area contributed by atoms with E-state index in [1.54, 1.807) is 0 Å². The lowest BCUT2D eigenvalue weighted by atomic mass is 10.0. The lowest BCUT2D eigenvalue weighted by Crippen LogP contribution is -2.45. The summed E-state index contributed by atoms with van der Waals surface area (Å²) in [6.07, 6.45) is 35.7. The number of carbonyl (C=O) groups excluding carboxylic acids is 4. The fourth-order valence-electron chi connectivity index (χ4n) is 5.72. The van der Waals surface area contributed by atoms with Crippen molar-refractivity contribution in [2.75, 3.05) is 26.2 Å². The van der Waals surface area contributed by atoms with E-state index in [1.165, 1.54) is 141 Å². The molecule has 0 aromatic rings. The van der Waals surface area contributed by atoms with E-state index in [9.17, 15) is 19.2 Å². The highest BCUT2D eigenvalue weighted by Crippen LogP contribution is 2.14. The van der Waals surface area contributed by atoms with E-state index in [-0.39, 0.29) is 13.1 Å². The average Bonchev–Trinajstić information content (AvgIpc) is 3.06. The van der Waals surface area contributed by atoms with Crippen molar-refractivity contribution in [2.24, 2.45) is 0 Å². The summed E-state index contributed by atoms with van der Waals surface area (Å²) >= 11 is 0. The van der Waals surface area contributed by atoms with Crippen LogP contribution in [0.2, 0.25) is 0 Å². The Morgan fingerprint density at radius 1 is 0.261 bits per heavy atom. The number of amides is 4. The van der Waals surface area contributed by atoms with E-state index < -0.39 is 23.6 Å². The highest BCUT2D eigenvalue weighted by molar-refractivity contribution is 6.35. The molecule has 4 amide bonds. The zero-order chi connectivity index (χ0) is 33.8. The number of hydrogen-bond acceptors (Lipinski definition) is 4. The molecule has 270 valence electrons. The third kappa shape index (κ3) is 31.8. The molecule has 0 fully saturated rings. The van der Waals surface area contributed by atoms with Gasteiger partial charge in [-0.2, -0.15) is 0 Å². The first-order valence-corrected chi connectivity index (χ1v) is 19.6. The summed E-state index contributed by atoms with van der Waals surface area (Å²) in [5.41, 5.74) is 0. The topological polar surface area (TPSA) is 116 Å².